The number of hydrogen-bond donors (Lipinski definition) is 1. The van der Waals surface area contributed by atoms with Crippen LogP contribution in [0, 0.1) is 0 Å². The maximum Gasteiger partial charge on any atom is 0.250 e. The summed E-state index contributed by atoms with van der Waals surface area (Å²) in [6.07, 6.45) is 3.51. The minimum Gasteiger partial charge on any atom is -0.490 e. The Balaban J connectivity index is 1.66. The van der Waals surface area contributed by atoms with Gasteiger partial charge in [-0.1, -0.05) is 11.6 Å². The topological polar surface area (TPSA) is 68.6 Å². The van der Waals surface area contributed by atoms with Crippen molar-refractivity contribution in [3.8, 4) is 5.75 Å². The molecule has 26 heavy (non-hydrogen) atoms. The number of ether oxygens (including phenoxy) is 2. The molecule has 1 unspecified atom stereocenters. The second-order valence-corrected chi connectivity index (χ2v) is 6.57. The van der Waals surface area contributed by atoms with E-state index in [1.54, 1.807) is 28.8 Å². The Kier molecular flexibility index (Phi) is 6.00. The fourth-order valence-electron chi connectivity index (χ4n) is 2.93. The summed E-state index contributed by atoms with van der Waals surface area (Å²) < 4.78 is 12.2. The molecule has 8 heteroatoms. The highest BCUT2D eigenvalue weighted by Gasteiger charge is 2.30. The van der Waals surface area contributed by atoms with E-state index in [2.05, 4.69) is 10.4 Å². The van der Waals surface area contributed by atoms with Crippen molar-refractivity contribution in [3.05, 3.63) is 35.5 Å². The molecule has 0 radical (unpaired) electrons. The summed E-state index contributed by atoms with van der Waals surface area (Å²) in [5, 5.41) is 8.11. The Morgan fingerprint density at radius 2 is 2.19 bits per heavy atom. The lowest BCUT2D eigenvalue weighted by Gasteiger charge is -2.31. The number of benzene rings is 1. The Labute approximate surface area is 157 Å². The number of carbonyl (C=O) groups excluding carboxylic acids is 1. The summed E-state index contributed by atoms with van der Waals surface area (Å²) >= 11 is 6.28. The van der Waals surface area contributed by atoms with Crippen LogP contribution < -0.4 is 15.0 Å². The van der Waals surface area contributed by atoms with Crippen LogP contribution in [0.5, 0.6) is 5.75 Å². The molecule has 0 aliphatic carbocycles. The van der Waals surface area contributed by atoms with Crippen LogP contribution in [0.4, 0.5) is 11.5 Å². The van der Waals surface area contributed by atoms with E-state index in [0.717, 1.165) is 18.5 Å². The number of piperidine rings is 1. The zero-order valence-electron chi connectivity index (χ0n) is 14.9. The third kappa shape index (κ3) is 4.28. The van der Waals surface area contributed by atoms with Crippen LogP contribution in [-0.2, 0) is 16.6 Å². The van der Waals surface area contributed by atoms with E-state index in [1.807, 2.05) is 25.4 Å². The highest BCUT2D eigenvalue weighted by atomic mass is 35.5. The van der Waals surface area contributed by atoms with Crippen molar-refractivity contribution >= 4 is 29.0 Å². The molecule has 1 aromatic heterocycles. The molecule has 1 aromatic carbocycles. The van der Waals surface area contributed by atoms with E-state index in [1.165, 1.54) is 0 Å². The molecule has 7 nitrogen and oxygen atoms in total. The van der Waals surface area contributed by atoms with Gasteiger partial charge in [0.1, 0.15) is 18.4 Å². The first kappa shape index (κ1) is 18.5. The van der Waals surface area contributed by atoms with E-state index in [-0.39, 0.29) is 11.9 Å². The summed E-state index contributed by atoms with van der Waals surface area (Å²) in [4.78, 5) is 14.5. The molecule has 0 spiro atoms. The molecule has 1 saturated heterocycles. The van der Waals surface area contributed by atoms with Gasteiger partial charge in [-0.2, -0.15) is 5.10 Å². The molecule has 3 rings (SSSR count). The van der Waals surface area contributed by atoms with Gasteiger partial charge in [-0.15, -0.1) is 0 Å². The second kappa shape index (κ2) is 8.42. The lowest BCUT2D eigenvalue weighted by Crippen LogP contribution is -2.48. The Hall–Kier alpha value is -2.25. The van der Waals surface area contributed by atoms with Gasteiger partial charge in [0.15, 0.2) is 5.82 Å². The number of methoxy groups -OCH3 is 1. The van der Waals surface area contributed by atoms with E-state index < -0.39 is 0 Å². The summed E-state index contributed by atoms with van der Waals surface area (Å²) in [7, 11) is 3.46. The average Bonchev–Trinajstić information content (AvgIpc) is 3.05. The van der Waals surface area contributed by atoms with Gasteiger partial charge in [-0.3, -0.25) is 14.4 Å². The first-order valence-corrected chi connectivity index (χ1v) is 8.95. The lowest BCUT2D eigenvalue weighted by molar-refractivity contribution is -0.120. The Morgan fingerprint density at radius 3 is 2.88 bits per heavy atom. The first-order chi connectivity index (χ1) is 12.6. The molecule has 1 aliphatic rings. The molecule has 140 valence electrons. The third-order valence-corrected chi connectivity index (χ3v) is 4.53. The van der Waals surface area contributed by atoms with Crippen molar-refractivity contribution in [1.29, 1.82) is 0 Å². The van der Waals surface area contributed by atoms with E-state index in [0.29, 0.717) is 36.3 Å². The maximum atomic E-state index is 12.8. The van der Waals surface area contributed by atoms with Gasteiger partial charge >= 0.3 is 0 Å². The third-order valence-electron chi connectivity index (χ3n) is 4.23. The Morgan fingerprint density at radius 1 is 1.35 bits per heavy atom. The molecule has 1 amide bonds. The molecule has 1 atom stereocenters. The standard InChI is InChI=1S/C18H23ClN4O3/c1-22-9-7-17(21-22)23-8-3-4-15(18(23)24)20-13-5-6-16(14(19)12-13)26-11-10-25-2/h5-7,9,12,15,20H,3-4,8,10-11H2,1-2H3. The van der Waals surface area contributed by atoms with E-state index in [4.69, 9.17) is 21.1 Å². The molecular formula is C18H23ClN4O3. The molecule has 1 fully saturated rings. The van der Waals surface area contributed by atoms with Gasteiger partial charge in [0.25, 0.3) is 5.91 Å². The quantitative estimate of drug-likeness (QED) is 0.750. The Bertz CT molecular complexity index is 765. The van der Waals surface area contributed by atoms with Gasteiger partial charge in [-0.05, 0) is 31.0 Å². The van der Waals surface area contributed by atoms with Crippen LogP contribution in [0.3, 0.4) is 0 Å². The number of anilines is 2. The van der Waals surface area contributed by atoms with Crippen LogP contribution in [-0.4, -0.2) is 48.6 Å². The van der Waals surface area contributed by atoms with Crippen molar-refractivity contribution in [1.82, 2.24) is 9.78 Å². The van der Waals surface area contributed by atoms with Crippen LogP contribution in [0.2, 0.25) is 5.02 Å². The number of nitrogens with one attached hydrogen (secondary N) is 1. The number of aromatic nitrogens is 2. The molecule has 1 N–H and O–H groups in total. The predicted molar refractivity (Wildman–Crippen MR) is 101 cm³/mol. The zero-order valence-corrected chi connectivity index (χ0v) is 15.7. The van der Waals surface area contributed by atoms with Crippen LogP contribution in [0.1, 0.15) is 12.8 Å². The van der Waals surface area contributed by atoms with Crippen LogP contribution in [0.15, 0.2) is 30.5 Å². The number of hydrogen-bond acceptors (Lipinski definition) is 5. The normalized spacial score (nSPS) is 17.4. The highest BCUT2D eigenvalue weighted by Crippen LogP contribution is 2.29. The minimum atomic E-state index is -0.304. The number of nitrogens with zero attached hydrogens (tertiary/aromatic N) is 3. The second-order valence-electron chi connectivity index (χ2n) is 6.16. The summed E-state index contributed by atoms with van der Waals surface area (Å²) in [6.45, 7) is 1.61. The first-order valence-electron chi connectivity index (χ1n) is 8.57. The van der Waals surface area contributed by atoms with Gasteiger partial charge in [0.05, 0.1) is 11.6 Å². The monoisotopic (exact) mass is 378 g/mol. The number of aryl methyl sites for hydroxylation is 1. The molecule has 0 saturated carbocycles. The van der Waals surface area contributed by atoms with Gasteiger partial charge in [0.2, 0.25) is 0 Å². The molecule has 2 aromatic rings. The number of carbonyl (C=O) groups is 1. The predicted octanol–water partition coefficient (Wildman–Crippen LogP) is 2.71. The van der Waals surface area contributed by atoms with E-state index in [9.17, 15) is 4.79 Å². The highest BCUT2D eigenvalue weighted by molar-refractivity contribution is 6.32. The fraction of sp³-hybridized carbons (Fsp3) is 0.444. The fourth-order valence-corrected chi connectivity index (χ4v) is 3.16. The number of amides is 1. The van der Waals surface area contributed by atoms with Crippen molar-refractivity contribution in [2.45, 2.75) is 18.9 Å². The molecule has 2 heterocycles. The SMILES string of the molecule is COCCOc1ccc(NC2CCCN(c3ccn(C)n3)C2=O)cc1Cl. The number of halogens is 1. The smallest absolute Gasteiger partial charge is 0.250 e. The molecule has 0 bridgehead atoms. The van der Waals surface area contributed by atoms with Gasteiger partial charge < -0.3 is 14.8 Å². The lowest BCUT2D eigenvalue weighted by atomic mass is 10.0. The van der Waals surface area contributed by atoms with Gasteiger partial charge in [-0.25, -0.2) is 0 Å². The molecular weight excluding hydrogens is 356 g/mol. The average molecular weight is 379 g/mol. The van der Waals surface area contributed by atoms with Crippen molar-refractivity contribution < 1.29 is 14.3 Å². The van der Waals surface area contributed by atoms with Crippen molar-refractivity contribution in [2.75, 3.05) is 37.1 Å². The van der Waals surface area contributed by atoms with E-state index >= 15 is 0 Å². The summed E-state index contributed by atoms with van der Waals surface area (Å²) in [5.74, 6) is 1.30. The minimum absolute atomic E-state index is 0.0199. The van der Waals surface area contributed by atoms with Crippen LogP contribution in [0.25, 0.3) is 0 Å². The zero-order chi connectivity index (χ0) is 18.5. The van der Waals surface area contributed by atoms with Crippen molar-refractivity contribution in [3.63, 3.8) is 0 Å². The molecule has 1 aliphatic heterocycles. The van der Waals surface area contributed by atoms with Gasteiger partial charge in [0, 0.05) is 38.7 Å². The summed E-state index contributed by atoms with van der Waals surface area (Å²) in [5.41, 5.74) is 0.787. The number of rotatable bonds is 7. The summed E-state index contributed by atoms with van der Waals surface area (Å²) in [6, 6.07) is 6.98. The van der Waals surface area contributed by atoms with Crippen molar-refractivity contribution in [2.24, 2.45) is 7.05 Å². The largest absolute Gasteiger partial charge is 0.490 e. The maximum absolute atomic E-state index is 12.8. The van der Waals surface area contributed by atoms with Crippen LogP contribution >= 0.6 is 11.6 Å².